The van der Waals surface area contributed by atoms with Crippen LogP contribution in [0.3, 0.4) is 0 Å². The van der Waals surface area contributed by atoms with E-state index in [1.807, 2.05) is 6.92 Å². The van der Waals surface area contributed by atoms with Crippen LogP contribution in [0.25, 0.3) is 0 Å². The van der Waals surface area contributed by atoms with E-state index in [9.17, 15) is 4.79 Å². The Hall–Kier alpha value is -1.39. The second-order valence-corrected chi connectivity index (χ2v) is 8.39. The first kappa shape index (κ1) is 19.4. The summed E-state index contributed by atoms with van der Waals surface area (Å²) in [6.07, 6.45) is 3.73. The highest BCUT2D eigenvalue weighted by Gasteiger charge is 2.63. The van der Waals surface area contributed by atoms with Crippen LogP contribution in [0.1, 0.15) is 57.2 Å². The zero-order valence-electron chi connectivity index (χ0n) is 16.8. The number of nitrogens with two attached hydrogens (primary N) is 1. The molecular weight excluding hydrogens is 326 g/mol. The summed E-state index contributed by atoms with van der Waals surface area (Å²) < 4.78 is 11.3. The largest absolute Gasteiger partial charge is 0.464 e. The van der Waals surface area contributed by atoms with Crippen LogP contribution < -0.4 is 5.73 Å². The van der Waals surface area contributed by atoms with Crippen molar-refractivity contribution in [3.63, 3.8) is 0 Å². The van der Waals surface area contributed by atoms with E-state index in [4.69, 9.17) is 15.2 Å². The average Bonchev–Trinajstić information content (AvgIpc) is 2.83. The van der Waals surface area contributed by atoms with Gasteiger partial charge in [0.2, 0.25) is 0 Å². The van der Waals surface area contributed by atoms with Gasteiger partial charge in [-0.1, -0.05) is 39.0 Å². The lowest BCUT2D eigenvalue weighted by atomic mass is 9.56. The minimum Gasteiger partial charge on any atom is -0.464 e. The van der Waals surface area contributed by atoms with Crippen molar-refractivity contribution in [2.75, 3.05) is 13.7 Å². The van der Waals surface area contributed by atoms with E-state index in [1.54, 1.807) is 7.11 Å². The number of carbonyl (C=O) groups excluding carboxylic acids is 1. The third-order valence-corrected chi connectivity index (χ3v) is 6.79. The predicted octanol–water partition coefficient (Wildman–Crippen LogP) is 3.59. The molecule has 0 amide bonds. The van der Waals surface area contributed by atoms with Crippen molar-refractivity contribution >= 4 is 5.97 Å². The molecule has 2 aliphatic carbocycles. The maximum atomic E-state index is 13.2. The molecule has 0 heterocycles. The van der Waals surface area contributed by atoms with E-state index < -0.39 is 5.54 Å². The lowest BCUT2D eigenvalue weighted by Crippen LogP contribution is -2.60. The molecule has 2 N–H and O–H groups in total. The quantitative estimate of drug-likeness (QED) is 0.835. The normalized spacial score (nSPS) is 36.2. The molecule has 1 fully saturated rings. The average molecular weight is 360 g/mol. The van der Waals surface area contributed by atoms with Crippen molar-refractivity contribution in [3.05, 3.63) is 34.9 Å². The Balaban J connectivity index is 2.12. The topological polar surface area (TPSA) is 61.5 Å². The molecule has 4 nitrogen and oxygen atoms in total. The van der Waals surface area contributed by atoms with Crippen molar-refractivity contribution in [2.24, 2.45) is 23.0 Å². The number of hydrogen-bond donors (Lipinski definition) is 1. The Morgan fingerprint density at radius 3 is 2.42 bits per heavy atom. The molecule has 1 aromatic carbocycles. The van der Waals surface area contributed by atoms with Crippen LogP contribution in [0.5, 0.6) is 0 Å². The van der Waals surface area contributed by atoms with Crippen molar-refractivity contribution < 1.29 is 14.3 Å². The zero-order valence-corrected chi connectivity index (χ0v) is 16.8. The van der Waals surface area contributed by atoms with Gasteiger partial charge in [0.25, 0.3) is 0 Å². The van der Waals surface area contributed by atoms with Crippen LogP contribution in [-0.2, 0) is 32.6 Å². The molecule has 0 radical (unpaired) electrons. The minimum absolute atomic E-state index is 0.210. The van der Waals surface area contributed by atoms with Crippen LogP contribution in [0.2, 0.25) is 0 Å². The second-order valence-electron chi connectivity index (χ2n) is 8.39. The van der Waals surface area contributed by atoms with Crippen LogP contribution in [0, 0.1) is 17.3 Å². The maximum Gasteiger partial charge on any atom is 0.331 e. The van der Waals surface area contributed by atoms with E-state index in [1.165, 1.54) is 11.1 Å². The monoisotopic (exact) mass is 359 g/mol. The van der Waals surface area contributed by atoms with Crippen LogP contribution in [0.15, 0.2) is 18.2 Å². The molecule has 0 bridgehead atoms. The Kier molecular flexibility index (Phi) is 5.19. The zero-order chi connectivity index (χ0) is 19.1. The molecule has 1 saturated carbocycles. The molecule has 3 rings (SSSR count). The maximum absolute atomic E-state index is 13.2. The highest BCUT2D eigenvalue weighted by atomic mass is 16.5. The standard InChI is InChI=1S/C22H33NO3/c1-6-16-8-9-17-13-21(11-14(3)19(25-5)15(4)12-21)22(23,18(17)10-16)20(24)26-7-2/h8-10,14-15,19H,6-7,11-13,23H2,1-5H3/t14-,15+,19?,21?,22-/m1/s1. The van der Waals surface area contributed by atoms with Crippen molar-refractivity contribution in [2.45, 2.75) is 65.0 Å². The number of carbonyl (C=O) groups is 1. The first-order valence-electron chi connectivity index (χ1n) is 9.94. The van der Waals surface area contributed by atoms with Gasteiger partial charge in [0.15, 0.2) is 0 Å². The van der Waals surface area contributed by atoms with Gasteiger partial charge in [0.05, 0.1) is 12.7 Å². The van der Waals surface area contributed by atoms with Gasteiger partial charge in [0.1, 0.15) is 5.54 Å². The highest BCUT2D eigenvalue weighted by Crippen LogP contribution is 2.59. The Labute approximate surface area is 157 Å². The van der Waals surface area contributed by atoms with Gasteiger partial charge in [-0.25, -0.2) is 4.79 Å². The van der Waals surface area contributed by atoms with E-state index in [-0.39, 0.29) is 17.5 Å². The summed E-state index contributed by atoms with van der Waals surface area (Å²) >= 11 is 0. The van der Waals surface area contributed by atoms with Gasteiger partial charge >= 0.3 is 5.97 Å². The number of aryl methyl sites for hydroxylation is 1. The van der Waals surface area contributed by atoms with E-state index in [2.05, 4.69) is 39.0 Å². The molecule has 2 unspecified atom stereocenters. The Morgan fingerprint density at radius 1 is 1.23 bits per heavy atom. The van der Waals surface area contributed by atoms with Crippen LogP contribution in [0.4, 0.5) is 0 Å². The molecule has 144 valence electrons. The number of hydrogen-bond acceptors (Lipinski definition) is 4. The molecule has 1 aromatic rings. The molecule has 1 spiro atoms. The summed E-state index contributed by atoms with van der Waals surface area (Å²) in [5, 5.41) is 0. The highest BCUT2D eigenvalue weighted by molar-refractivity contribution is 5.86. The van der Waals surface area contributed by atoms with Gasteiger partial charge in [-0.3, -0.25) is 0 Å². The summed E-state index contributed by atoms with van der Waals surface area (Å²) in [5.41, 5.74) is 9.04. The number of rotatable bonds is 4. The summed E-state index contributed by atoms with van der Waals surface area (Å²) in [6.45, 7) is 8.76. The predicted molar refractivity (Wildman–Crippen MR) is 103 cm³/mol. The number of methoxy groups -OCH3 is 1. The van der Waals surface area contributed by atoms with Gasteiger partial charge in [0, 0.05) is 12.5 Å². The smallest absolute Gasteiger partial charge is 0.331 e. The van der Waals surface area contributed by atoms with Gasteiger partial charge in [-0.15, -0.1) is 0 Å². The van der Waals surface area contributed by atoms with E-state index >= 15 is 0 Å². The molecule has 4 heteroatoms. The number of benzene rings is 1. The van der Waals surface area contributed by atoms with E-state index in [0.717, 1.165) is 31.2 Å². The Morgan fingerprint density at radius 2 is 1.88 bits per heavy atom. The number of fused-ring (bicyclic) bond motifs is 1. The molecule has 0 saturated heterocycles. The minimum atomic E-state index is -1.08. The molecule has 2 aliphatic rings. The molecule has 0 aromatic heterocycles. The Bertz CT molecular complexity index is 674. The van der Waals surface area contributed by atoms with E-state index in [0.29, 0.717) is 18.4 Å². The molecule has 26 heavy (non-hydrogen) atoms. The number of esters is 1. The lowest BCUT2D eigenvalue weighted by Gasteiger charge is -2.51. The SMILES string of the molecule is CCOC(=O)[C@]1(N)c2cc(CC)ccc2CC12C[C@@H](C)C(OC)[C@@H](C)C2. The third kappa shape index (κ3) is 2.69. The third-order valence-electron chi connectivity index (χ3n) is 6.79. The summed E-state index contributed by atoms with van der Waals surface area (Å²) in [7, 11) is 1.79. The molecule has 0 aliphatic heterocycles. The first-order chi connectivity index (χ1) is 12.3. The second kappa shape index (κ2) is 6.97. The lowest BCUT2D eigenvalue weighted by molar-refractivity contribution is -0.161. The summed E-state index contributed by atoms with van der Waals surface area (Å²) in [5.74, 6) is 0.421. The van der Waals surface area contributed by atoms with Crippen LogP contribution in [-0.4, -0.2) is 25.8 Å². The fourth-order valence-electron chi connectivity index (χ4n) is 5.77. The van der Waals surface area contributed by atoms with Gasteiger partial charge < -0.3 is 15.2 Å². The van der Waals surface area contributed by atoms with Crippen molar-refractivity contribution in [3.8, 4) is 0 Å². The van der Waals surface area contributed by atoms with Gasteiger partial charge in [-0.2, -0.15) is 0 Å². The molecule has 5 atom stereocenters. The van der Waals surface area contributed by atoms with Crippen LogP contribution >= 0.6 is 0 Å². The fraction of sp³-hybridized carbons (Fsp3) is 0.682. The fourth-order valence-corrected chi connectivity index (χ4v) is 5.77. The summed E-state index contributed by atoms with van der Waals surface area (Å²) in [6, 6.07) is 6.47. The van der Waals surface area contributed by atoms with Crippen molar-refractivity contribution in [1.29, 1.82) is 0 Å². The van der Waals surface area contributed by atoms with Crippen molar-refractivity contribution in [1.82, 2.24) is 0 Å². The summed E-state index contributed by atoms with van der Waals surface area (Å²) in [4.78, 5) is 13.2. The van der Waals surface area contributed by atoms with Gasteiger partial charge in [-0.05, 0) is 61.1 Å². The molecular formula is C22H33NO3. The first-order valence-corrected chi connectivity index (χ1v) is 9.94. The number of ether oxygens (including phenoxy) is 2.